The van der Waals surface area contributed by atoms with Crippen LogP contribution in [0.15, 0.2) is 93.3 Å². The Hall–Kier alpha value is -3.50. The van der Waals surface area contributed by atoms with E-state index in [4.69, 9.17) is 4.42 Å². The van der Waals surface area contributed by atoms with E-state index in [1.54, 1.807) is 48.5 Å². The first kappa shape index (κ1) is 20.8. The number of hydrogen-bond acceptors (Lipinski definition) is 6. The van der Waals surface area contributed by atoms with Gasteiger partial charge >= 0.3 is 0 Å². The molecule has 1 N–H and O–H groups in total. The molecule has 0 saturated heterocycles. The minimum Gasteiger partial charge on any atom is -0.443 e. The molecule has 8 nitrogen and oxygen atoms in total. The summed E-state index contributed by atoms with van der Waals surface area (Å²) in [6.45, 7) is 0. The smallest absolute Gasteiger partial charge is 0.295 e. The molecule has 0 fully saturated rings. The maximum Gasteiger partial charge on any atom is 0.295 e. The number of anilines is 1. The van der Waals surface area contributed by atoms with Crippen molar-refractivity contribution in [1.82, 2.24) is 0 Å². The molecule has 4 aromatic rings. The van der Waals surface area contributed by atoms with Crippen LogP contribution in [-0.4, -0.2) is 17.6 Å². The first-order valence-corrected chi connectivity index (χ1v) is 11.9. The summed E-state index contributed by atoms with van der Waals surface area (Å²) in [6, 6.07) is 20.5. The molecule has 1 aromatic heterocycles. The van der Waals surface area contributed by atoms with Crippen LogP contribution in [-0.2, 0) is 26.6 Å². The number of furan rings is 1. The molecule has 0 aliphatic carbocycles. The third kappa shape index (κ3) is 4.49. The Morgan fingerprint density at radius 2 is 1.71 bits per heavy atom. The molecule has 1 atom stereocenters. The highest BCUT2D eigenvalue weighted by Gasteiger charge is 2.22. The van der Waals surface area contributed by atoms with Crippen molar-refractivity contribution < 1.29 is 22.0 Å². The lowest BCUT2D eigenvalue weighted by Crippen LogP contribution is -2.14. The summed E-state index contributed by atoms with van der Waals surface area (Å²) in [5.41, 5.74) is 0.980. The van der Waals surface area contributed by atoms with Crippen LogP contribution >= 0.6 is 0 Å². The van der Waals surface area contributed by atoms with Gasteiger partial charge in [0.25, 0.3) is 15.7 Å². The van der Waals surface area contributed by atoms with Crippen molar-refractivity contribution in [2.75, 3.05) is 4.72 Å². The zero-order valence-electron chi connectivity index (χ0n) is 15.9. The van der Waals surface area contributed by atoms with Crippen molar-refractivity contribution in [1.29, 1.82) is 0 Å². The van der Waals surface area contributed by atoms with Crippen LogP contribution in [0.2, 0.25) is 0 Å². The van der Waals surface area contributed by atoms with Crippen molar-refractivity contribution in [3.63, 3.8) is 0 Å². The third-order valence-corrected chi connectivity index (χ3v) is 7.13. The first-order chi connectivity index (χ1) is 14.8. The van der Waals surface area contributed by atoms with Crippen molar-refractivity contribution in [3.8, 4) is 0 Å². The molecule has 3 aromatic carbocycles. The van der Waals surface area contributed by atoms with Crippen LogP contribution in [0.4, 0.5) is 11.4 Å². The highest BCUT2D eigenvalue weighted by atomic mass is 32.2. The molecular weight excluding hydrogens is 440 g/mol. The second-order valence-corrected chi connectivity index (χ2v) is 9.65. The average Bonchev–Trinajstić information content (AvgIpc) is 3.19. The topological polar surface area (TPSA) is 120 Å². The van der Waals surface area contributed by atoms with E-state index in [0.717, 1.165) is 0 Å². The largest absolute Gasteiger partial charge is 0.443 e. The van der Waals surface area contributed by atoms with Gasteiger partial charge in [-0.05, 0) is 23.8 Å². The van der Waals surface area contributed by atoms with Gasteiger partial charge < -0.3 is 4.42 Å². The van der Waals surface area contributed by atoms with Crippen LogP contribution in [0.25, 0.3) is 11.0 Å². The molecule has 31 heavy (non-hydrogen) atoms. The Morgan fingerprint density at radius 3 is 2.48 bits per heavy atom. The van der Waals surface area contributed by atoms with Crippen molar-refractivity contribution in [2.45, 2.75) is 15.7 Å². The molecule has 4 rings (SSSR count). The zero-order chi connectivity index (χ0) is 22.0. The highest BCUT2D eigenvalue weighted by molar-refractivity contribution is 7.92. The van der Waals surface area contributed by atoms with Gasteiger partial charge in [-0.2, -0.15) is 8.42 Å². The van der Waals surface area contributed by atoms with Crippen LogP contribution in [0.1, 0.15) is 5.56 Å². The van der Waals surface area contributed by atoms with Gasteiger partial charge in [0, 0.05) is 23.6 Å². The van der Waals surface area contributed by atoms with E-state index < -0.39 is 25.7 Å². The van der Waals surface area contributed by atoms with Crippen LogP contribution in [0.3, 0.4) is 0 Å². The number of sulfonamides is 1. The number of fused-ring (bicyclic) bond motifs is 1. The van der Waals surface area contributed by atoms with Gasteiger partial charge in [0.1, 0.15) is 5.58 Å². The zero-order valence-corrected chi connectivity index (χ0v) is 17.6. The van der Waals surface area contributed by atoms with Crippen molar-refractivity contribution >= 4 is 43.2 Å². The third-order valence-electron chi connectivity index (χ3n) is 4.46. The lowest BCUT2D eigenvalue weighted by Gasteiger charge is -2.11. The van der Waals surface area contributed by atoms with E-state index in [9.17, 15) is 22.7 Å². The maximum absolute atomic E-state index is 13.0. The number of para-hydroxylation sites is 2. The average molecular weight is 457 g/mol. The molecule has 0 amide bonds. The lowest BCUT2D eigenvalue weighted by molar-refractivity contribution is -0.384. The number of nitro benzene ring substituents is 1. The molecule has 1 heterocycles. The van der Waals surface area contributed by atoms with Crippen molar-refractivity contribution in [2.24, 2.45) is 0 Å². The monoisotopic (exact) mass is 456 g/mol. The van der Waals surface area contributed by atoms with E-state index in [2.05, 4.69) is 4.72 Å². The molecule has 0 radical (unpaired) electrons. The van der Waals surface area contributed by atoms with Crippen LogP contribution in [0, 0.1) is 10.1 Å². The number of nitrogens with zero attached hydrogens (tertiary/aromatic N) is 1. The van der Waals surface area contributed by atoms with Crippen molar-refractivity contribution in [3.05, 3.63) is 94.5 Å². The Bertz CT molecular complexity index is 1380. The number of non-ortho nitro benzene ring substituents is 1. The van der Waals surface area contributed by atoms with E-state index in [1.165, 1.54) is 30.3 Å². The van der Waals surface area contributed by atoms with E-state index in [-0.39, 0.29) is 27.1 Å². The minimum absolute atomic E-state index is 0.00887. The fraction of sp³-hybridized carbons (Fsp3) is 0.0476. The van der Waals surface area contributed by atoms with Gasteiger partial charge in [0.2, 0.25) is 5.09 Å². The molecule has 10 heteroatoms. The summed E-state index contributed by atoms with van der Waals surface area (Å²) in [5.74, 6) is -0.00887. The highest BCUT2D eigenvalue weighted by Crippen LogP contribution is 2.28. The summed E-state index contributed by atoms with van der Waals surface area (Å²) in [4.78, 5) is 10.7. The van der Waals surface area contributed by atoms with Gasteiger partial charge in [-0.25, -0.2) is 0 Å². The van der Waals surface area contributed by atoms with Crippen LogP contribution in [0.5, 0.6) is 0 Å². The Kier molecular flexibility index (Phi) is 5.57. The number of rotatable bonds is 7. The van der Waals surface area contributed by atoms with E-state index in [0.29, 0.717) is 16.5 Å². The summed E-state index contributed by atoms with van der Waals surface area (Å²) >= 11 is 0. The number of nitrogens with one attached hydrogen (secondary N) is 1. The van der Waals surface area contributed by atoms with Gasteiger partial charge in [0.15, 0.2) is 0 Å². The lowest BCUT2D eigenvalue weighted by atomic mass is 10.2. The summed E-state index contributed by atoms with van der Waals surface area (Å²) in [7, 11) is -5.72. The maximum atomic E-state index is 13.0. The number of nitro groups is 1. The fourth-order valence-corrected chi connectivity index (χ4v) is 5.37. The van der Waals surface area contributed by atoms with Crippen LogP contribution < -0.4 is 4.72 Å². The second-order valence-electron chi connectivity index (χ2n) is 6.62. The number of hydrogen-bond donors (Lipinski definition) is 1. The second kappa shape index (κ2) is 8.32. The van der Waals surface area contributed by atoms with Gasteiger partial charge in [0.05, 0.1) is 32.1 Å². The van der Waals surface area contributed by atoms with Gasteiger partial charge in [-0.1, -0.05) is 42.5 Å². The molecule has 158 valence electrons. The first-order valence-electron chi connectivity index (χ1n) is 9.06. The van der Waals surface area contributed by atoms with Gasteiger partial charge in [-0.3, -0.25) is 19.0 Å². The Morgan fingerprint density at radius 1 is 0.968 bits per heavy atom. The molecule has 0 aliphatic rings. The quantitative estimate of drug-likeness (QED) is 0.324. The molecule has 0 bridgehead atoms. The van der Waals surface area contributed by atoms with E-state index >= 15 is 0 Å². The Labute approximate surface area is 180 Å². The molecule has 1 unspecified atom stereocenters. The predicted molar refractivity (Wildman–Crippen MR) is 117 cm³/mol. The van der Waals surface area contributed by atoms with E-state index in [1.807, 2.05) is 0 Å². The number of benzene rings is 3. The minimum atomic E-state index is -4.06. The normalized spacial score (nSPS) is 12.5. The predicted octanol–water partition coefficient (Wildman–Crippen LogP) is 4.45. The summed E-state index contributed by atoms with van der Waals surface area (Å²) in [5, 5.41) is 11.4. The fourth-order valence-electron chi connectivity index (χ4n) is 3.02. The summed E-state index contributed by atoms with van der Waals surface area (Å²) in [6.07, 6.45) is 0. The Balaban J connectivity index is 1.61. The molecular formula is C21H16N2O6S2. The molecule has 0 spiro atoms. The summed E-state index contributed by atoms with van der Waals surface area (Å²) < 4.78 is 46.5. The van der Waals surface area contributed by atoms with Gasteiger partial charge in [-0.15, -0.1) is 0 Å². The standard InChI is InChI=1S/C21H16N2O6S2/c24-23(25)17-8-5-6-15(12-17)14-30(26)20-11-4-2-9-18(20)22-31(27,28)21-13-16-7-1-3-10-19(16)29-21/h1-13,22H,14H2. The molecule has 0 aliphatic heterocycles. The molecule has 0 saturated carbocycles. The SMILES string of the molecule is O=[N+]([O-])c1cccc(CS(=O)c2ccccc2NS(=O)(=O)c2cc3ccccc3o2)c1.